The number of aromatic nitrogens is 4. The molecule has 0 atom stereocenters. The smallest absolute Gasteiger partial charge is 0.404 e. The first-order valence-corrected chi connectivity index (χ1v) is 5.94. The van der Waals surface area contributed by atoms with Crippen molar-refractivity contribution in [1.82, 2.24) is 20.2 Å². The first-order valence-electron chi connectivity index (χ1n) is 5.56. The summed E-state index contributed by atoms with van der Waals surface area (Å²) in [5.74, 6) is -1.42. The van der Waals surface area contributed by atoms with Crippen molar-refractivity contribution in [2.75, 3.05) is 11.1 Å². The number of carbonyl (C=O) groups is 1. The number of anilines is 2. The van der Waals surface area contributed by atoms with Crippen LogP contribution in [0.3, 0.4) is 0 Å². The van der Waals surface area contributed by atoms with Crippen molar-refractivity contribution in [3.8, 4) is 5.75 Å². The summed E-state index contributed by atoms with van der Waals surface area (Å²) in [6.07, 6.45) is -4.93. The molecular weight excluding hydrogens is 329 g/mol. The average molecular weight is 337 g/mol. The van der Waals surface area contributed by atoms with Crippen LogP contribution in [0, 0.1) is 0 Å². The minimum absolute atomic E-state index is 0.0234. The van der Waals surface area contributed by atoms with E-state index in [0.29, 0.717) is 0 Å². The Labute approximate surface area is 126 Å². The molecule has 8 nitrogen and oxygen atoms in total. The van der Waals surface area contributed by atoms with E-state index in [9.17, 15) is 18.0 Å². The van der Waals surface area contributed by atoms with Gasteiger partial charge in [-0.1, -0.05) is 16.7 Å². The van der Waals surface area contributed by atoms with Crippen LogP contribution >= 0.6 is 11.6 Å². The first kappa shape index (κ1) is 15.8. The number of hydrogen-bond acceptors (Lipinski definition) is 6. The van der Waals surface area contributed by atoms with Crippen LogP contribution in [-0.4, -0.2) is 32.5 Å². The molecule has 2 rings (SSSR count). The van der Waals surface area contributed by atoms with Gasteiger partial charge >= 0.3 is 6.36 Å². The Balaban J connectivity index is 2.27. The number of aryl methyl sites for hydroxylation is 1. The second-order valence-corrected chi connectivity index (χ2v) is 4.34. The van der Waals surface area contributed by atoms with E-state index in [1.54, 1.807) is 0 Å². The standard InChI is InChI=1S/C10H8ClF3N6O2/c1-20-9(17-18-19-20)16-8(21)4-2-3-5(7(15)6(4)11)22-10(12,13)14/h2-3H,15H2,1H3,(H,16,17,19,21). The normalized spacial score (nSPS) is 11.3. The molecule has 0 saturated heterocycles. The molecule has 12 heteroatoms. The van der Waals surface area contributed by atoms with Gasteiger partial charge in [-0.3, -0.25) is 10.1 Å². The Kier molecular flexibility index (Phi) is 4.08. The van der Waals surface area contributed by atoms with Gasteiger partial charge in [0, 0.05) is 7.05 Å². The lowest BCUT2D eigenvalue weighted by molar-refractivity contribution is -0.274. The summed E-state index contributed by atoms with van der Waals surface area (Å²) in [4.78, 5) is 12.0. The van der Waals surface area contributed by atoms with Gasteiger partial charge in [0.15, 0.2) is 5.75 Å². The van der Waals surface area contributed by atoms with Crippen molar-refractivity contribution in [2.45, 2.75) is 6.36 Å². The van der Waals surface area contributed by atoms with E-state index < -0.39 is 23.7 Å². The number of nitrogens with one attached hydrogen (secondary N) is 1. The van der Waals surface area contributed by atoms with Crippen molar-refractivity contribution in [3.63, 3.8) is 0 Å². The number of nitrogen functional groups attached to an aromatic ring is 1. The number of ether oxygens (including phenoxy) is 1. The maximum atomic E-state index is 12.2. The third-order valence-electron chi connectivity index (χ3n) is 2.46. The summed E-state index contributed by atoms with van der Waals surface area (Å²) in [5, 5.41) is 12.3. The Morgan fingerprint density at radius 1 is 1.45 bits per heavy atom. The zero-order valence-electron chi connectivity index (χ0n) is 10.8. The van der Waals surface area contributed by atoms with Crippen molar-refractivity contribution >= 4 is 29.1 Å². The number of nitrogens with two attached hydrogens (primary N) is 1. The molecule has 0 radical (unpaired) electrons. The first-order chi connectivity index (χ1) is 10.2. The van der Waals surface area contributed by atoms with Crippen molar-refractivity contribution < 1.29 is 22.7 Å². The third-order valence-corrected chi connectivity index (χ3v) is 2.86. The number of alkyl halides is 3. The molecule has 2 aromatic rings. The van der Waals surface area contributed by atoms with E-state index in [4.69, 9.17) is 17.3 Å². The molecule has 0 spiro atoms. The van der Waals surface area contributed by atoms with E-state index in [1.807, 2.05) is 0 Å². The molecule has 118 valence electrons. The molecule has 1 aromatic carbocycles. The quantitative estimate of drug-likeness (QED) is 0.824. The lowest BCUT2D eigenvalue weighted by Crippen LogP contribution is -2.19. The fourth-order valence-electron chi connectivity index (χ4n) is 1.47. The monoisotopic (exact) mass is 336 g/mol. The lowest BCUT2D eigenvalue weighted by atomic mass is 10.1. The molecule has 0 saturated carbocycles. The highest BCUT2D eigenvalue weighted by molar-refractivity contribution is 6.37. The number of tetrazole rings is 1. The van der Waals surface area contributed by atoms with E-state index >= 15 is 0 Å². The van der Waals surface area contributed by atoms with Crippen LogP contribution in [0.15, 0.2) is 12.1 Å². The van der Waals surface area contributed by atoms with Gasteiger partial charge in [-0.2, -0.15) is 0 Å². The molecule has 1 heterocycles. The van der Waals surface area contributed by atoms with Gasteiger partial charge in [-0.15, -0.1) is 13.2 Å². The third kappa shape index (κ3) is 3.36. The maximum Gasteiger partial charge on any atom is 0.573 e. The Bertz CT molecular complexity index is 717. The molecule has 0 bridgehead atoms. The average Bonchev–Trinajstić information content (AvgIpc) is 2.79. The molecule has 3 N–H and O–H groups in total. The molecule has 0 fully saturated rings. The maximum absolute atomic E-state index is 12.2. The Morgan fingerprint density at radius 3 is 2.68 bits per heavy atom. The largest absolute Gasteiger partial charge is 0.573 e. The number of hydrogen-bond donors (Lipinski definition) is 2. The molecule has 0 aliphatic carbocycles. The summed E-state index contributed by atoms with van der Waals surface area (Å²) in [7, 11) is 1.48. The molecule has 0 unspecified atom stereocenters. The van der Waals surface area contributed by atoms with E-state index in [1.165, 1.54) is 11.7 Å². The van der Waals surface area contributed by atoms with E-state index in [2.05, 4.69) is 25.6 Å². The summed E-state index contributed by atoms with van der Waals surface area (Å²) in [6.45, 7) is 0. The topological polar surface area (TPSA) is 108 Å². The molecular formula is C10H8ClF3N6O2. The van der Waals surface area contributed by atoms with Crippen molar-refractivity contribution in [1.29, 1.82) is 0 Å². The van der Waals surface area contributed by atoms with Crippen molar-refractivity contribution in [2.24, 2.45) is 7.05 Å². The molecule has 0 aliphatic heterocycles. The summed E-state index contributed by atoms with van der Waals surface area (Å²) >= 11 is 5.81. The zero-order valence-corrected chi connectivity index (χ0v) is 11.6. The number of nitrogens with zero attached hydrogens (tertiary/aromatic N) is 4. The lowest BCUT2D eigenvalue weighted by Gasteiger charge is -2.13. The van der Waals surface area contributed by atoms with Gasteiger partial charge in [-0.05, 0) is 22.6 Å². The molecule has 22 heavy (non-hydrogen) atoms. The van der Waals surface area contributed by atoms with Gasteiger partial charge in [0.1, 0.15) is 0 Å². The number of carbonyl (C=O) groups excluding carboxylic acids is 1. The van der Waals surface area contributed by atoms with Gasteiger partial charge in [-0.25, -0.2) is 4.68 Å². The minimum atomic E-state index is -4.93. The van der Waals surface area contributed by atoms with Gasteiger partial charge in [0.25, 0.3) is 5.91 Å². The molecule has 0 aliphatic rings. The second kappa shape index (κ2) is 5.67. The predicted molar refractivity (Wildman–Crippen MR) is 69.3 cm³/mol. The SMILES string of the molecule is Cn1nnnc1NC(=O)c1ccc(OC(F)(F)F)c(N)c1Cl. The van der Waals surface area contributed by atoms with Crippen LogP contribution < -0.4 is 15.8 Å². The van der Waals surface area contributed by atoms with E-state index in [-0.39, 0.29) is 16.5 Å². The van der Waals surface area contributed by atoms with Gasteiger partial charge in [0.2, 0.25) is 5.95 Å². The number of amides is 1. The fraction of sp³-hybridized carbons (Fsp3) is 0.200. The van der Waals surface area contributed by atoms with Crippen LogP contribution in [0.25, 0.3) is 0 Å². The van der Waals surface area contributed by atoms with E-state index in [0.717, 1.165) is 12.1 Å². The predicted octanol–water partition coefficient (Wildman–Crippen LogP) is 1.60. The summed E-state index contributed by atoms with van der Waals surface area (Å²) in [5.41, 5.74) is 4.78. The van der Waals surface area contributed by atoms with Crippen LogP contribution in [-0.2, 0) is 7.05 Å². The highest BCUT2D eigenvalue weighted by Crippen LogP contribution is 2.35. The van der Waals surface area contributed by atoms with Crippen molar-refractivity contribution in [3.05, 3.63) is 22.7 Å². The molecule has 1 aromatic heterocycles. The zero-order chi connectivity index (χ0) is 16.5. The van der Waals surface area contributed by atoms with Crippen LogP contribution in [0.1, 0.15) is 10.4 Å². The minimum Gasteiger partial charge on any atom is -0.404 e. The fourth-order valence-corrected chi connectivity index (χ4v) is 1.71. The highest BCUT2D eigenvalue weighted by atomic mass is 35.5. The highest BCUT2D eigenvalue weighted by Gasteiger charge is 2.32. The Morgan fingerprint density at radius 2 is 2.14 bits per heavy atom. The summed E-state index contributed by atoms with van der Waals surface area (Å²) < 4.78 is 41.4. The second-order valence-electron chi connectivity index (χ2n) is 3.97. The van der Waals surface area contributed by atoms with Crippen LogP contribution in [0.5, 0.6) is 5.75 Å². The molecule has 1 amide bonds. The number of rotatable bonds is 3. The summed E-state index contributed by atoms with van der Waals surface area (Å²) in [6, 6.07) is 1.93. The van der Waals surface area contributed by atoms with Crippen LogP contribution in [0.2, 0.25) is 5.02 Å². The number of halogens is 4. The van der Waals surface area contributed by atoms with Gasteiger partial charge in [0.05, 0.1) is 16.3 Å². The number of benzene rings is 1. The Hall–Kier alpha value is -2.56. The van der Waals surface area contributed by atoms with Gasteiger partial charge < -0.3 is 10.5 Å². The van der Waals surface area contributed by atoms with Crippen LogP contribution in [0.4, 0.5) is 24.8 Å².